The third-order valence-corrected chi connectivity index (χ3v) is 4.21. The van der Waals surface area contributed by atoms with Crippen LogP contribution in [0.2, 0.25) is 0 Å². The van der Waals surface area contributed by atoms with Crippen LogP contribution in [-0.4, -0.2) is 62.3 Å². The van der Waals surface area contributed by atoms with E-state index in [0.29, 0.717) is 37.3 Å². The highest BCUT2D eigenvalue weighted by molar-refractivity contribution is 6.01. The molecule has 2 aromatic rings. The van der Waals surface area contributed by atoms with Gasteiger partial charge in [0.05, 0.1) is 6.20 Å². The molecule has 1 amide bonds. The third-order valence-electron chi connectivity index (χ3n) is 4.21. The van der Waals surface area contributed by atoms with E-state index in [2.05, 4.69) is 10.1 Å². The molecule has 8 nitrogen and oxygen atoms in total. The van der Waals surface area contributed by atoms with Crippen molar-refractivity contribution in [2.75, 3.05) is 19.8 Å². The predicted octanol–water partition coefficient (Wildman–Crippen LogP) is 1.05. The molecule has 0 aliphatic carbocycles. The summed E-state index contributed by atoms with van der Waals surface area (Å²) in [5.74, 6) is -1.39. The average Bonchev–Trinajstić information content (AvgIpc) is 2.96. The van der Waals surface area contributed by atoms with Crippen LogP contribution in [0.3, 0.4) is 0 Å². The molecule has 0 atom stereocenters. The van der Waals surface area contributed by atoms with E-state index in [4.69, 9.17) is 4.74 Å². The van der Waals surface area contributed by atoms with Gasteiger partial charge in [-0.05, 0) is 32.8 Å². The quantitative estimate of drug-likeness (QED) is 0.899. The number of ether oxygens (including phenoxy) is 1. The summed E-state index contributed by atoms with van der Waals surface area (Å²) in [7, 11) is 0. The van der Waals surface area contributed by atoms with Crippen LogP contribution in [0, 0.1) is 13.8 Å². The average molecular weight is 332 g/mol. The summed E-state index contributed by atoms with van der Waals surface area (Å²) in [6.45, 7) is 4.45. The summed E-state index contributed by atoms with van der Waals surface area (Å²) in [5.41, 5.74) is 2.44. The molecule has 1 fully saturated rings. The van der Waals surface area contributed by atoms with Crippen LogP contribution in [0.1, 0.15) is 34.6 Å². The van der Waals surface area contributed by atoms with E-state index in [1.807, 2.05) is 19.9 Å². The Balaban J connectivity index is 1.99. The molecule has 0 unspecified atom stereocenters. The summed E-state index contributed by atoms with van der Waals surface area (Å²) < 4.78 is 6.91. The van der Waals surface area contributed by atoms with Crippen molar-refractivity contribution < 1.29 is 19.4 Å². The van der Waals surface area contributed by atoms with Gasteiger partial charge in [-0.2, -0.15) is 5.10 Å². The number of hydrogen-bond acceptors (Lipinski definition) is 5. The molecule has 1 saturated heterocycles. The van der Waals surface area contributed by atoms with E-state index in [0.717, 1.165) is 11.4 Å². The highest BCUT2D eigenvalue weighted by atomic mass is 16.5. The van der Waals surface area contributed by atoms with E-state index < -0.39 is 5.97 Å². The number of rotatable bonds is 4. The zero-order valence-electron chi connectivity index (χ0n) is 13.7. The van der Waals surface area contributed by atoms with Gasteiger partial charge in [0.15, 0.2) is 5.65 Å². The largest absolute Gasteiger partial charge is 0.480 e. The van der Waals surface area contributed by atoms with E-state index in [-0.39, 0.29) is 18.5 Å². The standard InChI is InChI=1S/C16H20N4O4/c1-10-7-11(2)20-15(18-10)13(8-17-20)16(23)19(9-14(21)22)12-3-5-24-6-4-12/h7-8,12H,3-6,9H2,1-2H3,(H,21,22). The minimum atomic E-state index is -1.04. The lowest BCUT2D eigenvalue weighted by molar-refractivity contribution is -0.138. The van der Waals surface area contributed by atoms with Gasteiger partial charge in [-0.15, -0.1) is 0 Å². The first kappa shape index (κ1) is 16.4. The monoisotopic (exact) mass is 332 g/mol. The molecular formula is C16H20N4O4. The van der Waals surface area contributed by atoms with E-state index in [1.165, 1.54) is 11.1 Å². The molecule has 0 bridgehead atoms. The van der Waals surface area contributed by atoms with Crippen molar-refractivity contribution in [1.82, 2.24) is 19.5 Å². The first-order chi connectivity index (χ1) is 11.5. The smallest absolute Gasteiger partial charge is 0.323 e. The first-order valence-electron chi connectivity index (χ1n) is 7.90. The number of aliphatic carboxylic acids is 1. The highest BCUT2D eigenvalue weighted by Gasteiger charge is 2.30. The predicted molar refractivity (Wildman–Crippen MR) is 85.0 cm³/mol. The number of aromatic nitrogens is 3. The molecule has 24 heavy (non-hydrogen) atoms. The molecule has 0 aromatic carbocycles. The van der Waals surface area contributed by atoms with Gasteiger partial charge in [0.1, 0.15) is 12.1 Å². The van der Waals surface area contributed by atoms with Gasteiger partial charge in [-0.1, -0.05) is 0 Å². The van der Waals surface area contributed by atoms with Gasteiger partial charge in [0.2, 0.25) is 0 Å². The minimum absolute atomic E-state index is 0.150. The molecule has 0 saturated carbocycles. The van der Waals surface area contributed by atoms with Crippen molar-refractivity contribution in [1.29, 1.82) is 0 Å². The normalized spacial score (nSPS) is 15.6. The van der Waals surface area contributed by atoms with Crippen molar-refractivity contribution in [3.63, 3.8) is 0 Å². The summed E-state index contributed by atoms with van der Waals surface area (Å²) in [6.07, 6.45) is 2.72. The van der Waals surface area contributed by atoms with Crippen LogP contribution in [0.15, 0.2) is 12.3 Å². The summed E-state index contributed by atoms with van der Waals surface area (Å²) in [4.78, 5) is 30.1. The van der Waals surface area contributed by atoms with Crippen LogP contribution < -0.4 is 0 Å². The Morgan fingerprint density at radius 1 is 1.38 bits per heavy atom. The Morgan fingerprint density at radius 2 is 2.08 bits per heavy atom. The Morgan fingerprint density at radius 3 is 2.75 bits per heavy atom. The Hall–Kier alpha value is -2.48. The van der Waals surface area contributed by atoms with Gasteiger partial charge in [-0.25, -0.2) is 9.50 Å². The molecule has 3 rings (SSSR count). The van der Waals surface area contributed by atoms with Gasteiger partial charge in [0.25, 0.3) is 5.91 Å². The number of amides is 1. The maximum Gasteiger partial charge on any atom is 0.323 e. The van der Waals surface area contributed by atoms with Crippen LogP contribution >= 0.6 is 0 Å². The number of hydrogen-bond donors (Lipinski definition) is 1. The fourth-order valence-corrected chi connectivity index (χ4v) is 3.09. The molecular weight excluding hydrogens is 312 g/mol. The summed E-state index contributed by atoms with van der Waals surface area (Å²) >= 11 is 0. The van der Waals surface area contributed by atoms with Crippen molar-refractivity contribution in [3.05, 3.63) is 29.2 Å². The number of carboxylic acids is 1. The Bertz CT molecular complexity index is 780. The molecule has 128 valence electrons. The van der Waals surface area contributed by atoms with E-state index in [9.17, 15) is 14.7 Å². The molecule has 1 N–H and O–H groups in total. The third kappa shape index (κ3) is 3.09. The topological polar surface area (TPSA) is 97.0 Å². The molecule has 1 aliphatic rings. The second kappa shape index (κ2) is 6.56. The zero-order valence-corrected chi connectivity index (χ0v) is 13.7. The van der Waals surface area contributed by atoms with E-state index in [1.54, 1.807) is 4.52 Å². The van der Waals surface area contributed by atoms with Crippen molar-refractivity contribution in [2.45, 2.75) is 32.7 Å². The van der Waals surface area contributed by atoms with E-state index >= 15 is 0 Å². The van der Waals surface area contributed by atoms with Crippen molar-refractivity contribution in [3.8, 4) is 0 Å². The van der Waals surface area contributed by atoms with Gasteiger partial charge in [0, 0.05) is 30.6 Å². The van der Waals surface area contributed by atoms with Crippen LogP contribution in [-0.2, 0) is 9.53 Å². The highest BCUT2D eigenvalue weighted by Crippen LogP contribution is 2.20. The summed E-state index contributed by atoms with van der Waals surface area (Å²) in [6, 6.07) is 1.73. The van der Waals surface area contributed by atoms with Gasteiger partial charge >= 0.3 is 5.97 Å². The lowest BCUT2D eigenvalue weighted by Gasteiger charge is -2.33. The molecule has 0 spiro atoms. The molecule has 1 aliphatic heterocycles. The second-order valence-electron chi connectivity index (χ2n) is 6.00. The fourth-order valence-electron chi connectivity index (χ4n) is 3.09. The Labute approximate surface area is 139 Å². The van der Waals surface area contributed by atoms with Crippen molar-refractivity contribution >= 4 is 17.5 Å². The summed E-state index contributed by atoms with van der Waals surface area (Å²) in [5, 5.41) is 13.4. The Kier molecular flexibility index (Phi) is 4.48. The molecule has 3 heterocycles. The number of nitrogens with zero attached hydrogens (tertiary/aromatic N) is 4. The molecule has 0 radical (unpaired) electrons. The fraction of sp³-hybridized carbons (Fsp3) is 0.500. The lowest BCUT2D eigenvalue weighted by atomic mass is 10.1. The molecule has 8 heteroatoms. The van der Waals surface area contributed by atoms with Crippen LogP contribution in [0.4, 0.5) is 0 Å². The number of carboxylic acid groups (broad SMARTS) is 1. The molecule has 2 aromatic heterocycles. The van der Waals surface area contributed by atoms with Gasteiger partial charge in [-0.3, -0.25) is 9.59 Å². The number of carbonyl (C=O) groups excluding carboxylic acids is 1. The maximum atomic E-state index is 13.0. The SMILES string of the molecule is Cc1cc(C)n2ncc(C(=O)N(CC(=O)O)C3CCOCC3)c2n1. The number of aryl methyl sites for hydroxylation is 2. The number of fused-ring (bicyclic) bond motifs is 1. The maximum absolute atomic E-state index is 13.0. The first-order valence-corrected chi connectivity index (χ1v) is 7.90. The zero-order chi connectivity index (χ0) is 17.3. The second-order valence-corrected chi connectivity index (χ2v) is 6.00. The number of carbonyl (C=O) groups is 2. The van der Waals surface area contributed by atoms with Gasteiger partial charge < -0.3 is 14.7 Å². The van der Waals surface area contributed by atoms with Crippen LogP contribution in [0.5, 0.6) is 0 Å². The lowest BCUT2D eigenvalue weighted by Crippen LogP contribution is -2.46. The van der Waals surface area contributed by atoms with Crippen molar-refractivity contribution in [2.24, 2.45) is 0 Å². The minimum Gasteiger partial charge on any atom is -0.480 e. The van der Waals surface area contributed by atoms with Crippen LogP contribution in [0.25, 0.3) is 5.65 Å².